The van der Waals surface area contributed by atoms with Gasteiger partial charge >= 0.3 is 5.97 Å². The number of unbranched alkanes of at least 4 members (excludes halogenated alkanes) is 1. The summed E-state index contributed by atoms with van der Waals surface area (Å²) in [4.78, 5) is 46.6. The average Bonchev–Trinajstić information content (AvgIpc) is 3.46. The van der Waals surface area contributed by atoms with Gasteiger partial charge in [-0.05, 0) is 32.6 Å². The molecule has 0 saturated carbocycles. The van der Waals surface area contributed by atoms with Gasteiger partial charge in [0.25, 0.3) is 0 Å². The number of β-amino-alcohol motifs (C(OH)–C–C–N with tert-alkyl or cyclic N) is 1. The molecule has 1 N–H and O–H groups in total. The van der Waals surface area contributed by atoms with Gasteiger partial charge in [0.15, 0.2) is 0 Å². The lowest BCUT2D eigenvalue weighted by atomic mass is 9.66. The van der Waals surface area contributed by atoms with Gasteiger partial charge in [0, 0.05) is 39.3 Å². The molecule has 10 heteroatoms. The third-order valence-corrected chi connectivity index (χ3v) is 8.35. The highest BCUT2D eigenvalue weighted by atomic mass is 16.6. The van der Waals surface area contributed by atoms with Gasteiger partial charge in [0.2, 0.25) is 11.8 Å². The summed E-state index contributed by atoms with van der Waals surface area (Å²) in [5.74, 6) is -2.63. The van der Waals surface area contributed by atoms with Gasteiger partial charge in [-0.2, -0.15) is 0 Å². The van der Waals surface area contributed by atoms with Crippen LogP contribution in [0.5, 0.6) is 0 Å². The number of ether oxygens (including phenoxy) is 3. The summed E-state index contributed by atoms with van der Waals surface area (Å²) in [6.45, 7) is 13.7. The highest BCUT2D eigenvalue weighted by Crippen LogP contribution is 2.63. The number of hydrogen-bond acceptors (Lipinski definition) is 8. The number of amides is 2. The first-order valence-electron chi connectivity index (χ1n) is 13.4. The Kier molecular flexibility index (Phi) is 8.73. The quantitative estimate of drug-likeness (QED) is 0.214. The molecule has 0 aromatic carbocycles. The topological polar surface area (TPSA) is 109 Å². The lowest BCUT2D eigenvalue weighted by Gasteiger charge is -2.37. The van der Waals surface area contributed by atoms with Crippen LogP contribution in [0.4, 0.5) is 0 Å². The van der Waals surface area contributed by atoms with E-state index in [9.17, 15) is 19.5 Å². The number of allylic oxidation sites excluding steroid dienone is 1. The summed E-state index contributed by atoms with van der Waals surface area (Å²) in [7, 11) is 0. The van der Waals surface area contributed by atoms with Crippen molar-refractivity contribution in [2.45, 2.75) is 49.9 Å². The third-order valence-electron chi connectivity index (χ3n) is 8.35. The predicted molar refractivity (Wildman–Crippen MR) is 135 cm³/mol. The minimum absolute atomic E-state index is 0.0000593. The fourth-order valence-electron chi connectivity index (χ4n) is 6.61. The first-order valence-corrected chi connectivity index (χ1v) is 13.4. The van der Waals surface area contributed by atoms with E-state index in [0.29, 0.717) is 52.1 Å². The van der Waals surface area contributed by atoms with Crippen molar-refractivity contribution in [2.75, 3.05) is 65.7 Å². The zero-order chi connectivity index (χ0) is 26.6. The van der Waals surface area contributed by atoms with Crippen molar-refractivity contribution in [2.24, 2.45) is 11.8 Å². The van der Waals surface area contributed by atoms with Crippen LogP contribution in [0.1, 0.15) is 32.6 Å². The van der Waals surface area contributed by atoms with Crippen molar-refractivity contribution >= 4 is 17.8 Å². The van der Waals surface area contributed by atoms with Crippen molar-refractivity contribution in [3.8, 4) is 0 Å². The molecule has 4 aliphatic heterocycles. The molecule has 10 nitrogen and oxygen atoms in total. The number of fused-ring (bicyclic) bond motifs is 1. The molecule has 37 heavy (non-hydrogen) atoms. The molecule has 2 bridgehead atoms. The van der Waals surface area contributed by atoms with Crippen LogP contribution in [0.2, 0.25) is 0 Å². The second kappa shape index (κ2) is 11.6. The normalized spacial score (nSPS) is 32.9. The fraction of sp³-hybridized carbons (Fsp3) is 0.741. The molecule has 0 aromatic heterocycles. The van der Waals surface area contributed by atoms with Gasteiger partial charge < -0.3 is 29.1 Å². The van der Waals surface area contributed by atoms with Gasteiger partial charge in [-0.25, -0.2) is 0 Å². The average molecular weight is 520 g/mol. The summed E-state index contributed by atoms with van der Waals surface area (Å²) < 4.78 is 17.6. The lowest BCUT2D eigenvalue weighted by Crippen LogP contribution is -2.57. The first kappa shape index (κ1) is 27.8. The standard InChI is InChI=1S/C27H41N3O7/c1-4-6-7-17-36-25(34)21-20-23(32)30(13-16-31)22(27(20)9-8-26(21,3)37-27)24(33)29(10-5-2)12-11-28-14-18-35-19-15-28/h4-5,20-22,31H,1-2,6-19H2,3H3/t20-,21-,22?,26+,27?/m0/s1. The molecular weight excluding hydrogens is 478 g/mol. The molecular formula is C27H41N3O7. The molecule has 4 heterocycles. The molecule has 206 valence electrons. The zero-order valence-corrected chi connectivity index (χ0v) is 21.9. The number of aliphatic hydroxyl groups is 1. The lowest BCUT2D eigenvalue weighted by molar-refractivity contribution is -0.160. The number of aliphatic hydroxyl groups excluding tert-OH is 1. The number of nitrogens with zero attached hydrogens (tertiary/aromatic N) is 3. The van der Waals surface area contributed by atoms with E-state index in [-0.39, 0.29) is 31.6 Å². The Labute approximate surface area is 219 Å². The molecule has 0 aromatic rings. The molecule has 5 atom stereocenters. The Hall–Kier alpha value is -2.27. The molecule has 4 saturated heterocycles. The number of carbonyl (C=O) groups excluding carboxylic acids is 3. The summed E-state index contributed by atoms with van der Waals surface area (Å²) in [6, 6.07) is -0.915. The molecule has 0 radical (unpaired) electrons. The van der Waals surface area contributed by atoms with E-state index >= 15 is 0 Å². The number of hydrogen-bond donors (Lipinski definition) is 1. The van der Waals surface area contributed by atoms with E-state index in [0.717, 1.165) is 19.5 Å². The Morgan fingerprint density at radius 1 is 1.22 bits per heavy atom. The molecule has 4 aliphatic rings. The van der Waals surface area contributed by atoms with E-state index in [1.807, 2.05) is 6.92 Å². The third kappa shape index (κ3) is 5.08. The summed E-state index contributed by atoms with van der Waals surface area (Å²) in [5, 5.41) is 9.79. The van der Waals surface area contributed by atoms with Crippen molar-refractivity contribution in [3.05, 3.63) is 25.3 Å². The van der Waals surface area contributed by atoms with E-state index in [4.69, 9.17) is 14.2 Å². The van der Waals surface area contributed by atoms with Crippen LogP contribution in [0, 0.1) is 11.8 Å². The zero-order valence-electron chi connectivity index (χ0n) is 21.9. The fourth-order valence-corrected chi connectivity index (χ4v) is 6.61. The smallest absolute Gasteiger partial charge is 0.312 e. The summed E-state index contributed by atoms with van der Waals surface area (Å²) >= 11 is 0. The molecule has 2 unspecified atom stereocenters. The van der Waals surface area contributed by atoms with Crippen molar-refractivity contribution in [3.63, 3.8) is 0 Å². The van der Waals surface area contributed by atoms with Crippen molar-refractivity contribution in [1.29, 1.82) is 0 Å². The number of rotatable bonds is 13. The maximum absolute atomic E-state index is 14.1. The maximum atomic E-state index is 14.1. The number of carbonyl (C=O) groups is 3. The highest BCUT2D eigenvalue weighted by molar-refractivity contribution is 5.98. The van der Waals surface area contributed by atoms with E-state index in [1.165, 1.54) is 4.90 Å². The van der Waals surface area contributed by atoms with E-state index in [1.54, 1.807) is 17.1 Å². The maximum Gasteiger partial charge on any atom is 0.312 e. The monoisotopic (exact) mass is 519 g/mol. The highest BCUT2D eigenvalue weighted by Gasteiger charge is 2.78. The van der Waals surface area contributed by atoms with Crippen LogP contribution in [-0.4, -0.2) is 121 Å². The predicted octanol–water partition coefficient (Wildman–Crippen LogP) is 0.600. The second-order valence-corrected chi connectivity index (χ2v) is 10.6. The summed E-state index contributed by atoms with van der Waals surface area (Å²) in [5.41, 5.74) is -2.00. The number of esters is 1. The van der Waals surface area contributed by atoms with Gasteiger partial charge in [0.1, 0.15) is 17.6 Å². The minimum Gasteiger partial charge on any atom is -0.465 e. The molecule has 2 amide bonds. The second-order valence-electron chi connectivity index (χ2n) is 10.6. The Morgan fingerprint density at radius 3 is 2.65 bits per heavy atom. The van der Waals surface area contributed by atoms with Gasteiger partial charge in [0.05, 0.1) is 37.9 Å². The Balaban J connectivity index is 1.58. The van der Waals surface area contributed by atoms with Crippen LogP contribution in [0.15, 0.2) is 25.3 Å². The number of morpholine rings is 1. The molecule has 4 fully saturated rings. The minimum atomic E-state index is -1.12. The van der Waals surface area contributed by atoms with Crippen LogP contribution in [0.3, 0.4) is 0 Å². The van der Waals surface area contributed by atoms with Crippen LogP contribution in [0.25, 0.3) is 0 Å². The SMILES string of the molecule is C=CCCCOC(=O)[C@@H]1[C@H]2C(=O)N(CCO)C(C(=O)N(CC=C)CCN3CCOCC3)C23CC[C@@]1(C)O3. The van der Waals surface area contributed by atoms with Crippen LogP contribution >= 0.6 is 0 Å². The van der Waals surface area contributed by atoms with Crippen LogP contribution in [-0.2, 0) is 28.6 Å². The number of likely N-dealkylation sites (tertiary alicyclic amines) is 1. The molecule has 4 rings (SSSR count). The van der Waals surface area contributed by atoms with E-state index < -0.39 is 35.0 Å². The van der Waals surface area contributed by atoms with Crippen molar-refractivity contribution < 1.29 is 33.7 Å². The van der Waals surface area contributed by atoms with Crippen LogP contribution < -0.4 is 0 Å². The molecule has 1 spiro atoms. The summed E-state index contributed by atoms with van der Waals surface area (Å²) in [6.07, 6.45) is 5.86. The largest absolute Gasteiger partial charge is 0.465 e. The van der Waals surface area contributed by atoms with Gasteiger partial charge in [-0.3, -0.25) is 19.3 Å². The Morgan fingerprint density at radius 2 is 1.97 bits per heavy atom. The van der Waals surface area contributed by atoms with Gasteiger partial charge in [-0.15, -0.1) is 13.2 Å². The van der Waals surface area contributed by atoms with Crippen molar-refractivity contribution in [1.82, 2.24) is 14.7 Å². The molecule has 0 aliphatic carbocycles. The van der Waals surface area contributed by atoms with E-state index in [2.05, 4.69) is 18.1 Å². The Bertz CT molecular complexity index is 891. The van der Waals surface area contributed by atoms with Gasteiger partial charge in [-0.1, -0.05) is 12.2 Å². The first-order chi connectivity index (χ1) is 17.8.